The van der Waals surface area contributed by atoms with Gasteiger partial charge in [-0.25, -0.2) is 9.58 Å². The number of carbonyl (C=O) groups is 2. The number of nitrogens with one attached hydrogen (secondary N) is 1. The molecule has 0 spiro atoms. The van der Waals surface area contributed by atoms with Gasteiger partial charge in [-0.05, 0) is 41.8 Å². The van der Waals surface area contributed by atoms with Crippen LogP contribution in [0.4, 0.5) is 11.9 Å². The molecule has 2 aliphatic heterocycles. The molecule has 2 atom stereocenters. The molecule has 0 bridgehead atoms. The second kappa shape index (κ2) is 7.70. The molecule has 1 aromatic heterocycles. The van der Waals surface area contributed by atoms with Crippen LogP contribution in [-0.2, 0) is 9.59 Å². The molecule has 0 radical (unpaired) electrons. The molecule has 1 saturated heterocycles. The Hall–Kier alpha value is -3.39. The van der Waals surface area contributed by atoms with E-state index in [1.54, 1.807) is 11.8 Å². The van der Waals surface area contributed by atoms with Crippen molar-refractivity contribution in [1.82, 2.24) is 14.8 Å². The Morgan fingerprint density at radius 3 is 2.29 bits per heavy atom. The standard InChI is InChI=1S/C22H20ClN5O3/c1-31-16-8-4-14(5-9-16)18-12-17(13-2-6-15(23)7-3-13)24-21-25-22(26-28(18)21)27-19(29)10-11-20(27)30/h2-9,17-18H,10-12H2,1H3,(H,24,25,26)/t17-,18-/m0/s1. The van der Waals surface area contributed by atoms with Gasteiger partial charge in [-0.15, -0.1) is 5.10 Å². The summed E-state index contributed by atoms with van der Waals surface area (Å²) in [6.07, 6.45) is 1.07. The number of ether oxygens (including phenoxy) is 1. The zero-order valence-electron chi connectivity index (χ0n) is 16.8. The zero-order chi connectivity index (χ0) is 21.5. The average molecular weight is 438 g/mol. The van der Waals surface area contributed by atoms with Gasteiger partial charge in [0.2, 0.25) is 17.8 Å². The van der Waals surface area contributed by atoms with E-state index in [4.69, 9.17) is 16.3 Å². The summed E-state index contributed by atoms with van der Waals surface area (Å²) in [6.45, 7) is 0. The van der Waals surface area contributed by atoms with Crippen molar-refractivity contribution in [2.75, 3.05) is 17.3 Å². The Bertz CT molecular complexity index is 1130. The van der Waals surface area contributed by atoms with Crippen LogP contribution in [0.3, 0.4) is 0 Å². The van der Waals surface area contributed by atoms with Crippen molar-refractivity contribution in [2.45, 2.75) is 31.3 Å². The first-order chi connectivity index (χ1) is 15.0. The maximum absolute atomic E-state index is 12.2. The van der Waals surface area contributed by atoms with Crippen molar-refractivity contribution < 1.29 is 14.3 Å². The van der Waals surface area contributed by atoms with Crippen molar-refractivity contribution in [2.24, 2.45) is 0 Å². The Kier molecular flexibility index (Phi) is 4.86. The van der Waals surface area contributed by atoms with Crippen LogP contribution in [0, 0.1) is 0 Å². The lowest BCUT2D eigenvalue weighted by Gasteiger charge is -2.31. The molecule has 3 heterocycles. The van der Waals surface area contributed by atoms with Gasteiger partial charge in [0.25, 0.3) is 5.95 Å². The third kappa shape index (κ3) is 3.53. The fourth-order valence-corrected chi connectivity index (χ4v) is 4.20. The van der Waals surface area contributed by atoms with E-state index in [9.17, 15) is 9.59 Å². The lowest BCUT2D eigenvalue weighted by Crippen LogP contribution is -2.30. The fourth-order valence-electron chi connectivity index (χ4n) is 4.08. The molecule has 0 unspecified atom stereocenters. The minimum Gasteiger partial charge on any atom is -0.497 e. The first-order valence-corrected chi connectivity index (χ1v) is 10.4. The van der Waals surface area contributed by atoms with Crippen molar-refractivity contribution in [1.29, 1.82) is 0 Å². The van der Waals surface area contributed by atoms with Gasteiger partial charge in [-0.1, -0.05) is 35.9 Å². The number of nitrogens with zero attached hydrogens (tertiary/aromatic N) is 4. The highest BCUT2D eigenvalue weighted by atomic mass is 35.5. The van der Waals surface area contributed by atoms with Crippen LogP contribution in [0.2, 0.25) is 5.02 Å². The third-order valence-electron chi connectivity index (χ3n) is 5.70. The molecular formula is C22H20ClN5O3. The number of hydrogen-bond donors (Lipinski definition) is 1. The van der Waals surface area contributed by atoms with Gasteiger partial charge < -0.3 is 10.1 Å². The monoisotopic (exact) mass is 437 g/mol. The highest BCUT2D eigenvalue weighted by Crippen LogP contribution is 2.39. The van der Waals surface area contributed by atoms with Crippen LogP contribution in [0.5, 0.6) is 5.75 Å². The highest BCUT2D eigenvalue weighted by Gasteiger charge is 2.37. The van der Waals surface area contributed by atoms with Crippen LogP contribution in [-0.4, -0.2) is 33.7 Å². The first kappa shape index (κ1) is 19.6. The van der Waals surface area contributed by atoms with Gasteiger partial charge in [-0.3, -0.25) is 9.59 Å². The van der Waals surface area contributed by atoms with E-state index in [0.29, 0.717) is 17.4 Å². The van der Waals surface area contributed by atoms with E-state index in [1.807, 2.05) is 48.5 Å². The van der Waals surface area contributed by atoms with Crippen LogP contribution in [0.15, 0.2) is 48.5 Å². The summed E-state index contributed by atoms with van der Waals surface area (Å²) in [7, 11) is 1.63. The minimum atomic E-state index is -0.275. The highest BCUT2D eigenvalue weighted by molar-refractivity contribution is 6.30. The number of fused-ring (bicyclic) bond motifs is 1. The molecule has 5 rings (SSSR count). The quantitative estimate of drug-likeness (QED) is 0.625. The molecular weight excluding hydrogens is 418 g/mol. The Morgan fingerprint density at radius 1 is 1.00 bits per heavy atom. The molecule has 0 aliphatic carbocycles. The lowest BCUT2D eigenvalue weighted by atomic mass is 9.93. The number of anilines is 2. The summed E-state index contributed by atoms with van der Waals surface area (Å²) in [4.78, 5) is 30.0. The van der Waals surface area contributed by atoms with Gasteiger partial charge in [0.05, 0.1) is 19.2 Å². The number of halogens is 1. The fraction of sp³-hybridized carbons (Fsp3) is 0.273. The second-order valence-electron chi connectivity index (χ2n) is 7.58. The first-order valence-electron chi connectivity index (χ1n) is 10.0. The summed E-state index contributed by atoms with van der Waals surface area (Å²) in [5.74, 6) is 0.839. The number of amides is 2. The number of aromatic nitrogens is 3. The van der Waals surface area contributed by atoms with Gasteiger partial charge in [0, 0.05) is 17.9 Å². The van der Waals surface area contributed by atoms with Gasteiger partial charge >= 0.3 is 0 Å². The molecule has 9 heteroatoms. The Balaban J connectivity index is 1.56. The largest absolute Gasteiger partial charge is 0.497 e. The van der Waals surface area contributed by atoms with Crippen molar-refractivity contribution in [3.8, 4) is 5.75 Å². The molecule has 2 aromatic carbocycles. The minimum absolute atomic E-state index is 0.0427. The van der Waals surface area contributed by atoms with E-state index in [1.165, 1.54) is 0 Å². The molecule has 1 N–H and O–H groups in total. The normalized spacial score (nSPS) is 20.5. The van der Waals surface area contributed by atoms with Crippen LogP contribution in [0.25, 0.3) is 0 Å². The number of benzene rings is 2. The second-order valence-corrected chi connectivity index (χ2v) is 8.01. The number of methoxy groups -OCH3 is 1. The Morgan fingerprint density at radius 2 is 1.65 bits per heavy atom. The van der Waals surface area contributed by atoms with Crippen molar-refractivity contribution in [3.63, 3.8) is 0 Å². The predicted molar refractivity (Wildman–Crippen MR) is 115 cm³/mol. The number of hydrogen-bond acceptors (Lipinski definition) is 6. The number of rotatable bonds is 4. The number of imide groups is 1. The topological polar surface area (TPSA) is 89.3 Å². The molecule has 3 aromatic rings. The molecule has 2 aliphatic rings. The van der Waals surface area contributed by atoms with E-state index in [0.717, 1.165) is 21.8 Å². The summed E-state index contributed by atoms with van der Waals surface area (Å²) < 4.78 is 7.03. The predicted octanol–water partition coefficient (Wildman–Crippen LogP) is 3.74. The zero-order valence-corrected chi connectivity index (χ0v) is 17.5. The van der Waals surface area contributed by atoms with Crippen molar-refractivity contribution >= 4 is 35.3 Å². The maximum atomic E-state index is 12.2. The summed E-state index contributed by atoms with van der Waals surface area (Å²) in [5, 5.41) is 8.62. The maximum Gasteiger partial charge on any atom is 0.260 e. The SMILES string of the molecule is COc1ccc([C@@H]2C[C@@H](c3ccc(Cl)cc3)Nc3nc(N4C(=O)CCC4=O)nn32)cc1. The molecule has 2 amide bonds. The van der Waals surface area contributed by atoms with E-state index < -0.39 is 0 Å². The number of carbonyl (C=O) groups excluding carboxylic acids is 2. The molecule has 1 fully saturated rings. The molecule has 0 saturated carbocycles. The van der Waals surface area contributed by atoms with Gasteiger partial charge in [0.1, 0.15) is 5.75 Å². The van der Waals surface area contributed by atoms with Crippen LogP contribution in [0.1, 0.15) is 42.5 Å². The smallest absolute Gasteiger partial charge is 0.260 e. The average Bonchev–Trinajstić information content (AvgIpc) is 3.35. The summed E-state index contributed by atoms with van der Waals surface area (Å²) >= 11 is 6.06. The Labute approximate surface area is 183 Å². The molecule has 31 heavy (non-hydrogen) atoms. The molecule has 158 valence electrons. The summed E-state index contributed by atoms with van der Waals surface area (Å²) in [6, 6.07) is 15.3. The summed E-state index contributed by atoms with van der Waals surface area (Å²) in [5.41, 5.74) is 2.09. The van der Waals surface area contributed by atoms with E-state index in [-0.39, 0.29) is 42.7 Å². The molecule has 8 nitrogen and oxygen atoms in total. The van der Waals surface area contributed by atoms with Gasteiger partial charge in [-0.2, -0.15) is 4.98 Å². The van der Waals surface area contributed by atoms with Crippen LogP contribution >= 0.6 is 11.6 Å². The van der Waals surface area contributed by atoms with Crippen molar-refractivity contribution in [3.05, 3.63) is 64.7 Å². The van der Waals surface area contributed by atoms with Gasteiger partial charge in [0.15, 0.2) is 0 Å². The lowest BCUT2D eigenvalue weighted by molar-refractivity contribution is -0.121. The van der Waals surface area contributed by atoms with E-state index >= 15 is 0 Å². The van der Waals surface area contributed by atoms with Crippen LogP contribution < -0.4 is 15.0 Å². The van der Waals surface area contributed by atoms with E-state index in [2.05, 4.69) is 15.4 Å². The third-order valence-corrected chi connectivity index (χ3v) is 5.95.